The van der Waals surface area contributed by atoms with Gasteiger partial charge in [0, 0.05) is 27.8 Å². The summed E-state index contributed by atoms with van der Waals surface area (Å²) in [6, 6.07) is 20.3. The van der Waals surface area contributed by atoms with Crippen LogP contribution in [0.2, 0.25) is 0 Å². The minimum absolute atomic E-state index is 0.0418. The molecular formula is C26H26FNO3. The molecule has 0 amide bonds. The number of halogens is 1. The Morgan fingerprint density at radius 1 is 1.03 bits per heavy atom. The predicted molar refractivity (Wildman–Crippen MR) is 117 cm³/mol. The summed E-state index contributed by atoms with van der Waals surface area (Å²) >= 11 is 0. The lowest BCUT2D eigenvalue weighted by Gasteiger charge is -2.39. The van der Waals surface area contributed by atoms with Crippen molar-refractivity contribution in [2.75, 3.05) is 26.4 Å². The van der Waals surface area contributed by atoms with Gasteiger partial charge in [0.1, 0.15) is 11.6 Å². The summed E-state index contributed by atoms with van der Waals surface area (Å²) in [5, 5.41) is 0. The lowest BCUT2D eigenvalue weighted by atomic mass is 9.80. The summed E-state index contributed by atoms with van der Waals surface area (Å²) in [6.07, 6.45) is 0.0418. The van der Waals surface area contributed by atoms with Crippen molar-refractivity contribution in [2.45, 2.75) is 18.9 Å². The molecule has 31 heavy (non-hydrogen) atoms. The number of hydrogen-bond donors (Lipinski definition) is 0. The SMILES string of the molecule is [2H]C([2H])(Oc1ccc2c(c1)OCO2)[C@H]1CN(Cc2ccccc2)C([2H])([2H])C[C@@H]1c1ccc(F)cc1. The average molecular weight is 424 g/mol. The molecule has 2 aliphatic heterocycles. The van der Waals surface area contributed by atoms with Gasteiger partial charge >= 0.3 is 0 Å². The first-order chi connectivity index (χ1) is 16.7. The molecule has 3 aromatic rings. The van der Waals surface area contributed by atoms with Gasteiger partial charge in [0.2, 0.25) is 6.79 Å². The van der Waals surface area contributed by atoms with Crippen LogP contribution in [0.5, 0.6) is 17.2 Å². The largest absolute Gasteiger partial charge is 0.493 e. The van der Waals surface area contributed by atoms with E-state index in [1.54, 1.807) is 35.2 Å². The highest BCUT2D eigenvalue weighted by molar-refractivity contribution is 5.46. The maximum absolute atomic E-state index is 13.6. The maximum Gasteiger partial charge on any atom is 0.231 e. The second-order valence-corrected chi connectivity index (χ2v) is 7.73. The van der Waals surface area contributed by atoms with E-state index in [0.717, 1.165) is 5.56 Å². The molecule has 3 aromatic carbocycles. The Kier molecular flexibility index (Phi) is 4.55. The first-order valence-corrected chi connectivity index (χ1v) is 10.3. The fourth-order valence-corrected chi connectivity index (χ4v) is 3.99. The van der Waals surface area contributed by atoms with Crippen LogP contribution in [-0.2, 0) is 6.54 Å². The standard InChI is InChI=1S/C26H26FNO3/c27-22-8-6-20(7-9-22)24-12-13-28(15-19-4-2-1-3-5-19)16-21(24)17-29-23-10-11-25-26(14-23)31-18-30-25/h1-11,14,21,24H,12-13,15-18H2/t21-,24-/m1/s1/i13D2,17D2. The quantitative estimate of drug-likeness (QED) is 0.543. The number of benzene rings is 3. The number of fused-ring (bicyclic) bond motifs is 1. The van der Waals surface area contributed by atoms with Crippen LogP contribution in [0.1, 0.15) is 28.9 Å². The van der Waals surface area contributed by atoms with Crippen LogP contribution in [0.4, 0.5) is 4.39 Å². The van der Waals surface area contributed by atoms with Gasteiger partial charge in [-0.3, -0.25) is 4.90 Å². The topological polar surface area (TPSA) is 30.9 Å². The third-order valence-electron chi connectivity index (χ3n) is 5.62. The van der Waals surface area contributed by atoms with E-state index in [9.17, 15) is 4.39 Å². The van der Waals surface area contributed by atoms with E-state index >= 15 is 0 Å². The molecule has 0 spiro atoms. The Balaban J connectivity index is 1.47. The summed E-state index contributed by atoms with van der Waals surface area (Å²) in [6.45, 7) is -3.30. The first-order valence-electron chi connectivity index (χ1n) is 12.3. The lowest BCUT2D eigenvalue weighted by molar-refractivity contribution is 0.106. The average Bonchev–Trinajstić information content (AvgIpc) is 3.29. The molecular weight excluding hydrogens is 393 g/mol. The lowest BCUT2D eigenvalue weighted by Crippen LogP contribution is -2.41. The van der Waals surface area contributed by atoms with Gasteiger partial charge < -0.3 is 14.2 Å². The number of nitrogens with zero attached hydrogens (tertiary/aromatic N) is 1. The first kappa shape index (κ1) is 15.7. The minimum atomic E-state index is -2.15. The molecule has 0 radical (unpaired) electrons. The zero-order valence-corrected chi connectivity index (χ0v) is 17.0. The Morgan fingerprint density at radius 3 is 2.68 bits per heavy atom. The van der Waals surface area contributed by atoms with E-state index in [2.05, 4.69) is 0 Å². The Labute approximate surface area is 187 Å². The second kappa shape index (κ2) is 8.98. The van der Waals surface area contributed by atoms with Crippen molar-refractivity contribution in [2.24, 2.45) is 5.92 Å². The number of hydrogen-bond acceptors (Lipinski definition) is 4. The van der Waals surface area contributed by atoms with E-state index in [1.165, 1.54) is 12.1 Å². The van der Waals surface area contributed by atoms with Crippen molar-refractivity contribution in [1.82, 2.24) is 4.90 Å². The number of rotatable bonds is 6. The molecule has 1 fully saturated rings. The summed E-state index contributed by atoms with van der Waals surface area (Å²) in [7, 11) is 0. The summed E-state index contributed by atoms with van der Waals surface area (Å²) in [5.74, 6) is -0.302. The minimum Gasteiger partial charge on any atom is -0.493 e. The highest BCUT2D eigenvalue weighted by Gasteiger charge is 2.31. The Morgan fingerprint density at radius 2 is 1.84 bits per heavy atom. The Hall–Kier alpha value is -3.05. The summed E-state index contributed by atoms with van der Waals surface area (Å²) in [5.41, 5.74) is 1.62. The zero-order valence-electron chi connectivity index (χ0n) is 21.0. The van der Waals surface area contributed by atoms with E-state index in [-0.39, 0.29) is 19.8 Å². The van der Waals surface area contributed by atoms with Crippen LogP contribution < -0.4 is 14.2 Å². The monoisotopic (exact) mass is 423 g/mol. The molecule has 2 atom stereocenters. The van der Waals surface area contributed by atoms with Gasteiger partial charge in [0.25, 0.3) is 0 Å². The third kappa shape index (κ3) is 4.67. The van der Waals surface area contributed by atoms with Crippen LogP contribution in [0, 0.1) is 11.7 Å². The molecule has 0 aromatic heterocycles. The van der Waals surface area contributed by atoms with Crippen molar-refractivity contribution in [3.63, 3.8) is 0 Å². The molecule has 160 valence electrons. The highest BCUT2D eigenvalue weighted by atomic mass is 19.1. The van der Waals surface area contributed by atoms with Crippen LogP contribution in [0.25, 0.3) is 0 Å². The highest BCUT2D eigenvalue weighted by Crippen LogP contribution is 2.37. The summed E-state index contributed by atoms with van der Waals surface area (Å²) in [4.78, 5) is 1.66. The zero-order chi connectivity index (χ0) is 24.6. The number of likely N-dealkylation sites (tertiary alicyclic amines) is 1. The Bertz CT molecular complexity index is 1180. The normalized spacial score (nSPS) is 24.5. The van der Waals surface area contributed by atoms with E-state index in [1.807, 2.05) is 30.3 Å². The van der Waals surface area contributed by atoms with Crippen molar-refractivity contribution >= 4 is 0 Å². The number of ether oxygens (including phenoxy) is 3. The maximum atomic E-state index is 13.6. The third-order valence-corrected chi connectivity index (χ3v) is 5.62. The van der Waals surface area contributed by atoms with Crippen molar-refractivity contribution in [3.8, 4) is 17.2 Å². The number of piperidine rings is 1. The van der Waals surface area contributed by atoms with E-state index < -0.39 is 30.7 Å². The van der Waals surface area contributed by atoms with Crippen molar-refractivity contribution < 1.29 is 24.1 Å². The predicted octanol–water partition coefficient (Wildman–Crippen LogP) is 5.24. The van der Waals surface area contributed by atoms with Gasteiger partial charge in [-0.2, -0.15) is 0 Å². The fourth-order valence-electron chi connectivity index (χ4n) is 3.99. The molecule has 5 rings (SSSR count). The van der Waals surface area contributed by atoms with Gasteiger partial charge in [-0.05, 0) is 54.2 Å². The molecule has 0 bridgehead atoms. The van der Waals surface area contributed by atoms with Gasteiger partial charge in [0.15, 0.2) is 11.5 Å². The van der Waals surface area contributed by atoms with Crippen LogP contribution in [0.15, 0.2) is 72.8 Å². The van der Waals surface area contributed by atoms with Gasteiger partial charge in [0.05, 0.1) is 9.30 Å². The smallest absolute Gasteiger partial charge is 0.231 e. The van der Waals surface area contributed by atoms with Gasteiger partial charge in [-0.1, -0.05) is 42.5 Å². The van der Waals surface area contributed by atoms with E-state index in [4.69, 9.17) is 19.7 Å². The molecule has 2 aliphatic rings. The molecule has 5 heteroatoms. The molecule has 0 unspecified atom stereocenters. The van der Waals surface area contributed by atoms with Crippen molar-refractivity contribution in [3.05, 3.63) is 89.7 Å². The van der Waals surface area contributed by atoms with Crippen LogP contribution in [0.3, 0.4) is 0 Å². The van der Waals surface area contributed by atoms with E-state index in [0.29, 0.717) is 29.4 Å². The van der Waals surface area contributed by atoms with Gasteiger partial charge in [-0.25, -0.2) is 4.39 Å². The van der Waals surface area contributed by atoms with Gasteiger partial charge in [-0.15, -0.1) is 0 Å². The van der Waals surface area contributed by atoms with Crippen LogP contribution >= 0.6 is 0 Å². The molecule has 0 saturated carbocycles. The van der Waals surface area contributed by atoms with Crippen LogP contribution in [-0.4, -0.2) is 31.3 Å². The molecule has 0 N–H and O–H groups in total. The summed E-state index contributed by atoms with van der Waals surface area (Å²) < 4.78 is 65.6. The molecule has 4 nitrogen and oxygen atoms in total. The molecule has 1 saturated heterocycles. The molecule has 2 heterocycles. The molecule has 0 aliphatic carbocycles. The van der Waals surface area contributed by atoms with Crippen molar-refractivity contribution in [1.29, 1.82) is 0 Å². The fraction of sp³-hybridized carbons (Fsp3) is 0.308. The second-order valence-electron chi connectivity index (χ2n) is 7.73.